The fraction of sp³-hybridized carbons (Fsp3) is 0.714. The van der Waals surface area contributed by atoms with Crippen LogP contribution in [0.4, 0.5) is 0 Å². The van der Waals surface area contributed by atoms with Crippen molar-refractivity contribution in [1.82, 2.24) is 15.5 Å². The molecule has 1 N–H and O–H groups in total. The summed E-state index contributed by atoms with van der Waals surface area (Å²) in [5, 5.41) is 11.5. The van der Waals surface area contributed by atoms with E-state index < -0.39 is 0 Å². The predicted octanol–water partition coefficient (Wildman–Crippen LogP) is 2.54. The highest BCUT2D eigenvalue weighted by molar-refractivity contribution is 5.11. The van der Waals surface area contributed by atoms with Gasteiger partial charge in [0.1, 0.15) is 6.10 Å². The summed E-state index contributed by atoms with van der Waals surface area (Å²) in [6, 6.07) is 3.91. The monoisotopic (exact) mass is 249 g/mol. The lowest BCUT2D eigenvalue weighted by atomic mass is 9.89. The van der Waals surface area contributed by atoms with E-state index in [0.717, 1.165) is 37.5 Å². The second-order valence-electron chi connectivity index (χ2n) is 5.15. The molecule has 0 amide bonds. The van der Waals surface area contributed by atoms with Crippen LogP contribution in [0, 0.1) is 5.92 Å². The first-order chi connectivity index (χ1) is 8.78. The van der Waals surface area contributed by atoms with E-state index in [1.54, 1.807) is 0 Å². The number of nitrogens with zero attached hydrogens (tertiary/aromatic N) is 2. The van der Waals surface area contributed by atoms with Crippen molar-refractivity contribution in [3.05, 3.63) is 17.8 Å². The first kappa shape index (κ1) is 13.3. The third-order valence-electron chi connectivity index (χ3n) is 3.43. The van der Waals surface area contributed by atoms with Crippen LogP contribution in [0.15, 0.2) is 12.1 Å². The Morgan fingerprint density at radius 2 is 2.22 bits per heavy atom. The molecule has 18 heavy (non-hydrogen) atoms. The Kier molecular flexibility index (Phi) is 4.93. The number of aromatic nitrogens is 2. The minimum atomic E-state index is 0.322. The van der Waals surface area contributed by atoms with Crippen LogP contribution in [0.2, 0.25) is 0 Å². The molecular formula is C14H23N3O. The van der Waals surface area contributed by atoms with Gasteiger partial charge in [-0.2, -0.15) is 5.10 Å². The molecular weight excluding hydrogens is 226 g/mol. The van der Waals surface area contributed by atoms with Crippen LogP contribution in [0.5, 0.6) is 5.88 Å². The van der Waals surface area contributed by atoms with Crippen molar-refractivity contribution in [3.63, 3.8) is 0 Å². The van der Waals surface area contributed by atoms with Gasteiger partial charge in [0.15, 0.2) is 0 Å². The van der Waals surface area contributed by atoms with E-state index in [4.69, 9.17) is 4.74 Å². The van der Waals surface area contributed by atoms with Gasteiger partial charge in [-0.1, -0.05) is 20.3 Å². The number of ether oxygens (including phenoxy) is 1. The Hall–Kier alpha value is -1.16. The van der Waals surface area contributed by atoms with Crippen molar-refractivity contribution in [1.29, 1.82) is 0 Å². The fourth-order valence-electron chi connectivity index (χ4n) is 2.41. The van der Waals surface area contributed by atoms with Crippen molar-refractivity contribution in [2.24, 2.45) is 5.92 Å². The quantitative estimate of drug-likeness (QED) is 0.871. The molecule has 100 valence electrons. The van der Waals surface area contributed by atoms with Crippen molar-refractivity contribution in [2.45, 2.75) is 52.2 Å². The van der Waals surface area contributed by atoms with E-state index in [0.29, 0.717) is 12.0 Å². The maximum atomic E-state index is 5.89. The molecule has 1 aliphatic rings. The molecule has 2 unspecified atom stereocenters. The standard InChI is InChI=1S/C14H23N3O/c1-3-15-10-12-7-8-14(17-16-12)18-13-6-4-5-11(2)9-13/h7-8,11,13,15H,3-6,9-10H2,1-2H3. The van der Waals surface area contributed by atoms with Gasteiger partial charge in [0.25, 0.3) is 0 Å². The second kappa shape index (κ2) is 6.69. The summed E-state index contributed by atoms with van der Waals surface area (Å²) in [6.07, 6.45) is 5.19. The van der Waals surface area contributed by atoms with Gasteiger partial charge in [-0.05, 0) is 37.8 Å². The zero-order valence-electron chi connectivity index (χ0n) is 11.4. The van der Waals surface area contributed by atoms with E-state index >= 15 is 0 Å². The van der Waals surface area contributed by atoms with Crippen LogP contribution in [-0.4, -0.2) is 22.8 Å². The van der Waals surface area contributed by atoms with Gasteiger partial charge in [-0.25, -0.2) is 0 Å². The normalized spacial score (nSPS) is 23.9. The summed E-state index contributed by atoms with van der Waals surface area (Å²) < 4.78 is 5.89. The highest BCUT2D eigenvalue weighted by atomic mass is 16.5. The summed E-state index contributed by atoms with van der Waals surface area (Å²) in [5.41, 5.74) is 0.959. The van der Waals surface area contributed by atoms with Crippen LogP contribution in [0.25, 0.3) is 0 Å². The van der Waals surface area contributed by atoms with Gasteiger partial charge in [-0.15, -0.1) is 5.10 Å². The molecule has 0 aliphatic heterocycles. The average Bonchev–Trinajstić information content (AvgIpc) is 2.38. The molecule has 1 fully saturated rings. The number of hydrogen-bond donors (Lipinski definition) is 1. The number of hydrogen-bond acceptors (Lipinski definition) is 4. The molecule has 0 radical (unpaired) electrons. The zero-order valence-corrected chi connectivity index (χ0v) is 11.4. The van der Waals surface area contributed by atoms with Gasteiger partial charge in [0, 0.05) is 12.6 Å². The average molecular weight is 249 g/mol. The van der Waals surface area contributed by atoms with Gasteiger partial charge in [-0.3, -0.25) is 0 Å². The summed E-state index contributed by atoms with van der Waals surface area (Å²) in [5.74, 6) is 1.43. The van der Waals surface area contributed by atoms with Crippen LogP contribution in [0.3, 0.4) is 0 Å². The topological polar surface area (TPSA) is 47.0 Å². The molecule has 1 heterocycles. The molecule has 4 nitrogen and oxygen atoms in total. The van der Waals surface area contributed by atoms with Crippen LogP contribution in [0.1, 0.15) is 45.2 Å². The Bertz CT molecular complexity index is 353. The van der Waals surface area contributed by atoms with E-state index in [9.17, 15) is 0 Å². The van der Waals surface area contributed by atoms with Crippen molar-refractivity contribution < 1.29 is 4.74 Å². The Balaban J connectivity index is 1.85. The van der Waals surface area contributed by atoms with E-state index in [1.165, 1.54) is 12.8 Å². The van der Waals surface area contributed by atoms with Crippen LogP contribution in [-0.2, 0) is 6.54 Å². The third kappa shape index (κ3) is 3.95. The Morgan fingerprint density at radius 3 is 2.89 bits per heavy atom. The first-order valence-corrected chi connectivity index (χ1v) is 6.98. The fourth-order valence-corrected chi connectivity index (χ4v) is 2.41. The minimum absolute atomic E-state index is 0.322. The lowest BCUT2D eigenvalue weighted by Gasteiger charge is -2.26. The van der Waals surface area contributed by atoms with Gasteiger partial charge >= 0.3 is 0 Å². The van der Waals surface area contributed by atoms with Crippen LogP contribution >= 0.6 is 0 Å². The lowest BCUT2D eigenvalue weighted by molar-refractivity contribution is 0.122. The second-order valence-corrected chi connectivity index (χ2v) is 5.15. The summed E-state index contributed by atoms with van der Waals surface area (Å²) >= 11 is 0. The molecule has 0 saturated heterocycles. The largest absolute Gasteiger partial charge is 0.473 e. The van der Waals surface area contributed by atoms with E-state index in [-0.39, 0.29) is 0 Å². The molecule has 4 heteroatoms. The van der Waals surface area contributed by atoms with Gasteiger partial charge < -0.3 is 10.1 Å². The highest BCUT2D eigenvalue weighted by Crippen LogP contribution is 2.26. The van der Waals surface area contributed by atoms with Crippen molar-refractivity contribution in [3.8, 4) is 5.88 Å². The van der Waals surface area contributed by atoms with E-state index in [1.807, 2.05) is 12.1 Å². The molecule has 0 bridgehead atoms. The maximum Gasteiger partial charge on any atom is 0.233 e. The Morgan fingerprint density at radius 1 is 1.33 bits per heavy atom. The molecule has 2 rings (SSSR count). The third-order valence-corrected chi connectivity index (χ3v) is 3.43. The SMILES string of the molecule is CCNCc1ccc(OC2CCCC(C)C2)nn1. The lowest BCUT2D eigenvalue weighted by Crippen LogP contribution is -2.24. The van der Waals surface area contributed by atoms with Crippen LogP contribution < -0.4 is 10.1 Å². The van der Waals surface area contributed by atoms with Gasteiger partial charge in [0.05, 0.1) is 5.69 Å². The van der Waals surface area contributed by atoms with Gasteiger partial charge in [0.2, 0.25) is 5.88 Å². The maximum absolute atomic E-state index is 5.89. The Labute approximate surface area is 109 Å². The van der Waals surface area contributed by atoms with Crippen molar-refractivity contribution >= 4 is 0 Å². The highest BCUT2D eigenvalue weighted by Gasteiger charge is 2.20. The predicted molar refractivity (Wildman–Crippen MR) is 71.5 cm³/mol. The molecule has 1 aliphatic carbocycles. The minimum Gasteiger partial charge on any atom is -0.473 e. The summed E-state index contributed by atoms with van der Waals surface area (Å²) in [6.45, 7) is 6.08. The molecule has 2 atom stereocenters. The summed E-state index contributed by atoms with van der Waals surface area (Å²) in [4.78, 5) is 0. The summed E-state index contributed by atoms with van der Waals surface area (Å²) in [7, 11) is 0. The smallest absolute Gasteiger partial charge is 0.233 e. The zero-order chi connectivity index (χ0) is 12.8. The first-order valence-electron chi connectivity index (χ1n) is 6.98. The van der Waals surface area contributed by atoms with Crippen molar-refractivity contribution in [2.75, 3.05) is 6.54 Å². The molecule has 1 aromatic rings. The number of rotatable bonds is 5. The number of nitrogens with one attached hydrogen (secondary N) is 1. The molecule has 0 aromatic carbocycles. The molecule has 1 aromatic heterocycles. The molecule has 0 spiro atoms. The van der Waals surface area contributed by atoms with E-state index in [2.05, 4.69) is 29.4 Å². The molecule has 1 saturated carbocycles.